The molecule has 0 bridgehead atoms. The SMILES string of the molecule is Cn1c(NCCNc2c3c(nc4ccccc24)CCCC3)nc(-c2ccncn2)cc1=O. The van der Waals surface area contributed by atoms with Crippen LogP contribution in [0.5, 0.6) is 0 Å². The van der Waals surface area contributed by atoms with E-state index < -0.39 is 0 Å². The molecule has 32 heavy (non-hydrogen) atoms. The zero-order valence-corrected chi connectivity index (χ0v) is 18.0. The van der Waals surface area contributed by atoms with E-state index in [0.717, 1.165) is 23.7 Å². The van der Waals surface area contributed by atoms with E-state index in [1.807, 2.05) is 6.07 Å². The number of benzene rings is 1. The summed E-state index contributed by atoms with van der Waals surface area (Å²) in [5, 5.41) is 8.08. The number of hydrogen-bond donors (Lipinski definition) is 2. The Balaban J connectivity index is 1.35. The van der Waals surface area contributed by atoms with E-state index in [0.29, 0.717) is 30.4 Å². The predicted octanol–water partition coefficient (Wildman–Crippen LogP) is 3.19. The van der Waals surface area contributed by atoms with E-state index in [2.05, 4.69) is 43.8 Å². The zero-order valence-electron chi connectivity index (χ0n) is 18.0. The van der Waals surface area contributed by atoms with Crippen LogP contribution >= 0.6 is 0 Å². The molecule has 0 radical (unpaired) electrons. The molecule has 2 N–H and O–H groups in total. The first-order valence-electron chi connectivity index (χ1n) is 10.9. The van der Waals surface area contributed by atoms with Crippen molar-refractivity contribution in [1.29, 1.82) is 0 Å². The second kappa shape index (κ2) is 8.74. The third kappa shape index (κ3) is 3.91. The van der Waals surface area contributed by atoms with Gasteiger partial charge >= 0.3 is 0 Å². The summed E-state index contributed by atoms with van der Waals surface area (Å²) in [5.74, 6) is 0.509. The molecule has 3 aromatic heterocycles. The molecule has 1 aliphatic rings. The number of rotatable bonds is 6. The number of anilines is 2. The van der Waals surface area contributed by atoms with Crippen LogP contribution in [0.2, 0.25) is 0 Å². The quantitative estimate of drug-likeness (QED) is 0.456. The molecule has 1 aliphatic carbocycles. The van der Waals surface area contributed by atoms with Crippen molar-refractivity contribution in [3.63, 3.8) is 0 Å². The summed E-state index contributed by atoms with van der Waals surface area (Å²) in [5.41, 5.74) is 5.78. The number of aryl methyl sites for hydroxylation is 1. The lowest BCUT2D eigenvalue weighted by Gasteiger charge is -2.22. The Morgan fingerprint density at radius 3 is 2.72 bits per heavy atom. The van der Waals surface area contributed by atoms with Crippen molar-refractivity contribution in [1.82, 2.24) is 24.5 Å². The first kappa shape index (κ1) is 20.1. The number of aromatic nitrogens is 5. The summed E-state index contributed by atoms with van der Waals surface area (Å²) in [6, 6.07) is 11.5. The molecule has 1 aromatic carbocycles. The van der Waals surface area contributed by atoms with Crippen LogP contribution in [0, 0.1) is 0 Å². The number of fused-ring (bicyclic) bond motifs is 2. The van der Waals surface area contributed by atoms with Crippen molar-refractivity contribution in [2.45, 2.75) is 25.7 Å². The monoisotopic (exact) mass is 427 g/mol. The first-order chi connectivity index (χ1) is 15.7. The van der Waals surface area contributed by atoms with Crippen LogP contribution in [0.4, 0.5) is 11.6 Å². The molecule has 0 unspecified atom stereocenters. The van der Waals surface area contributed by atoms with Crippen molar-refractivity contribution >= 4 is 22.5 Å². The Morgan fingerprint density at radius 2 is 1.84 bits per heavy atom. The van der Waals surface area contributed by atoms with Crippen molar-refractivity contribution in [2.24, 2.45) is 7.05 Å². The maximum absolute atomic E-state index is 12.4. The van der Waals surface area contributed by atoms with Crippen molar-refractivity contribution in [3.05, 3.63) is 70.5 Å². The molecule has 0 aliphatic heterocycles. The molecular formula is C24H25N7O. The summed E-state index contributed by atoms with van der Waals surface area (Å²) in [4.78, 5) is 30.0. The molecule has 3 heterocycles. The summed E-state index contributed by atoms with van der Waals surface area (Å²) < 4.78 is 1.51. The fourth-order valence-electron chi connectivity index (χ4n) is 4.21. The van der Waals surface area contributed by atoms with Gasteiger partial charge in [0.2, 0.25) is 5.95 Å². The molecular weight excluding hydrogens is 402 g/mol. The van der Waals surface area contributed by atoms with Gasteiger partial charge in [-0.1, -0.05) is 18.2 Å². The molecule has 8 heteroatoms. The highest BCUT2D eigenvalue weighted by atomic mass is 16.1. The van der Waals surface area contributed by atoms with Gasteiger partial charge < -0.3 is 10.6 Å². The highest BCUT2D eigenvalue weighted by molar-refractivity contribution is 5.93. The number of para-hydroxylation sites is 1. The van der Waals surface area contributed by atoms with Crippen LogP contribution in [-0.4, -0.2) is 37.6 Å². The second-order valence-corrected chi connectivity index (χ2v) is 7.95. The molecule has 4 aromatic rings. The van der Waals surface area contributed by atoms with E-state index in [9.17, 15) is 4.79 Å². The van der Waals surface area contributed by atoms with Crippen molar-refractivity contribution < 1.29 is 0 Å². The van der Waals surface area contributed by atoms with Crippen LogP contribution in [0.15, 0.2) is 53.7 Å². The van der Waals surface area contributed by atoms with Gasteiger partial charge in [0.05, 0.1) is 16.9 Å². The highest BCUT2D eigenvalue weighted by Gasteiger charge is 2.17. The first-order valence-corrected chi connectivity index (χ1v) is 10.9. The molecule has 0 amide bonds. The zero-order chi connectivity index (χ0) is 21.9. The Hall–Kier alpha value is -3.81. The Bertz CT molecular complexity index is 1320. The Morgan fingerprint density at radius 1 is 1.00 bits per heavy atom. The third-order valence-electron chi connectivity index (χ3n) is 5.86. The number of nitrogens with zero attached hydrogens (tertiary/aromatic N) is 5. The number of hydrogen-bond acceptors (Lipinski definition) is 7. The van der Waals surface area contributed by atoms with Gasteiger partial charge in [-0.3, -0.25) is 14.3 Å². The third-order valence-corrected chi connectivity index (χ3v) is 5.86. The van der Waals surface area contributed by atoms with Gasteiger partial charge in [0.15, 0.2) is 0 Å². The Kier molecular flexibility index (Phi) is 5.49. The Labute approximate surface area is 185 Å². The van der Waals surface area contributed by atoms with Gasteiger partial charge in [-0.25, -0.2) is 15.0 Å². The van der Waals surface area contributed by atoms with Crippen LogP contribution < -0.4 is 16.2 Å². The van der Waals surface area contributed by atoms with Gasteiger partial charge in [0.25, 0.3) is 5.56 Å². The number of nitrogens with one attached hydrogen (secondary N) is 2. The molecule has 0 saturated carbocycles. The lowest BCUT2D eigenvalue weighted by atomic mass is 9.92. The minimum absolute atomic E-state index is 0.140. The second-order valence-electron chi connectivity index (χ2n) is 7.95. The highest BCUT2D eigenvalue weighted by Crippen LogP contribution is 2.33. The molecule has 0 fully saturated rings. The standard InChI is InChI=1S/C24H25N7O/c1-31-22(32)14-21(20-10-11-25-15-28-20)30-24(31)27-13-12-26-23-16-6-2-4-8-18(16)29-19-9-5-3-7-17(19)23/h2,4,6,8,10-11,14-15H,3,5,7,9,12-13H2,1H3,(H,26,29)(H,27,30). The summed E-state index contributed by atoms with van der Waals surface area (Å²) in [6.45, 7) is 1.30. The van der Waals surface area contributed by atoms with Gasteiger partial charge in [0, 0.05) is 49.2 Å². The summed E-state index contributed by atoms with van der Waals surface area (Å²) >= 11 is 0. The van der Waals surface area contributed by atoms with E-state index in [4.69, 9.17) is 4.98 Å². The van der Waals surface area contributed by atoms with E-state index in [1.165, 1.54) is 46.7 Å². The van der Waals surface area contributed by atoms with Gasteiger partial charge in [0.1, 0.15) is 6.33 Å². The van der Waals surface area contributed by atoms with E-state index in [-0.39, 0.29) is 5.56 Å². The molecule has 162 valence electrons. The largest absolute Gasteiger partial charge is 0.382 e. The summed E-state index contributed by atoms with van der Waals surface area (Å²) in [6.07, 6.45) is 7.57. The fraction of sp³-hybridized carbons (Fsp3) is 0.292. The topological polar surface area (TPSA) is 97.6 Å². The smallest absolute Gasteiger partial charge is 0.255 e. The number of pyridine rings is 1. The van der Waals surface area contributed by atoms with Crippen LogP contribution in [0.3, 0.4) is 0 Å². The van der Waals surface area contributed by atoms with Crippen LogP contribution in [-0.2, 0) is 19.9 Å². The van der Waals surface area contributed by atoms with Gasteiger partial charge in [-0.15, -0.1) is 0 Å². The van der Waals surface area contributed by atoms with Gasteiger partial charge in [-0.2, -0.15) is 0 Å². The average molecular weight is 428 g/mol. The lowest BCUT2D eigenvalue weighted by molar-refractivity contribution is 0.672. The fourth-order valence-corrected chi connectivity index (χ4v) is 4.21. The maximum Gasteiger partial charge on any atom is 0.255 e. The van der Waals surface area contributed by atoms with Crippen LogP contribution in [0.1, 0.15) is 24.1 Å². The van der Waals surface area contributed by atoms with E-state index in [1.54, 1.807) is 19.3 Å². The predicted molar refractivity (Wildman–Crippen MR) is 126 cm³/mol. The van der Waals surface area contributed by atoms with Crippen molar-refractivity contribution in [2.75, 3.05) is 23.7 Å². The minimum atomic E-state index is -0.140. The van der Waals surface area contributed by atoms with Gasteiger partial charge in [-0.05, 0) is 43.4 Å². The van der Waals surface area contributed by atoms with Crippen LogP contribution in [0.25, 0.3) is 22.3 Å². The average Bonchev–Trinajstić information content (AvgIpc) is 2.84. The molecule has 5 rings (SSSR count). The lowest BCUT2D eigenvalue weighted by Crippen LogP contribution is -2.24. The summed E-state index contributed by atoms with van der Waals surface area (Å²) in [7, 11) is 1.71. The molecule has 8 nitrogen and oxygen atoms in total. The minimum Gasteiger partial charge on any atom is -0.382 e. The molecule has 0 saturated heterocycles. The van der Waals surface area contributed by atoms with E-state index >= 15 is 0 Å². The molecule has 0 atom stereocenters. The maximum atomic E-state index is 12.4. The van der Waals surface area contributed by atoms with Crippen molar-refractivity contribution in [3.8, 4) is 11.4 Å². The normalized spacial score (nSPS) is 13.0. The molecule has 0 spiro atoms.